The number of Topliss-reactive ketones (excluding diaryl/α,β-unsaturated/α-hetero) is 1. The summed E-state index contributed by atoms with van der Waals surface area (Å²) >= 11 is 0. The molecule has 0 unspecified atom stereocenters. The van der Waals surface area contributed by atoms with Crippen LogP contribution in [0.15, 0.2) is 60.7 Å². The molecule has 0 spiro atoms. The standard InChI is InChI=1S/C28H27FN2O5/c1-18-5-6-19(2)26(14-18)35-16-24(32)20-7-12-25-23(15-20)31(28(34)17-36-25)13-3-4-27(33)30-22-10-8-21(29)9-11-22/h5-12,14-15H,3-4,13,16-17H2,1-2H3,(H,30,33). The number of nitrogens with one attached hydrogen (secondary N) is 1. The zero-order valence-corrected chi connectivity index (χ0v) is 20.2. The lowest BCUT2D eigenvalue weighted by Crippen LogP contribution is -2.39. The Balaban J connectivity index is 1.38. The van der Waals surface area contributed by atoms with E-state index in [1.54, 1.807) is 18.2 Å². The van der Waals surface area contributed by atoms with E-state index in [-0.39, 0.29) is 49.6 Å². The molecule has 1 aliphatic heterocycles. The van der Waals surface area contributed by atoms with Gasteiger partial charge in [-0.05, 0) is 79.9 Å². The molecule has 3 aromatic carbocycles. The van der Waals surface area contributed by atoms with Crippen LogP contribution in [-0.2, 0) is 9.59 Å². The first kappa shape index (κ1) is 24.9. The minimum atomic E-state index is -0.382. The van der Waals surface area contributed by atoms with Crippen molar-refractivity contribution in [3.05, 3.63) is 83.2 Å². The first-order valence-electron chi connectivity index (χ1n) is 11.7. The number of nitrogens with zero attached hydrogens (tertiary/aromatic N) is 1. The van der Waals surface area contributed by atoms with Gasteiger partial charge in [-0.25, -0.2) is 4.39 Å². The summed E-state index contributed by atoms with van der Waals surface area (Å²) in [7, 11) is 0. The summed E-state index contributed by atoms with van der Waals surface area (Å²) in [5.74, 6) is 0.0491. The lowest BCUT2D eigenvalue weighted by Gasteiger charge is -2.29. The van der Waals surface area contributed by atoms with Crippen LogP contribution in [0.1, 0.15) is 34.3 Å². The molecule has 186 valence electrons. The van der Waals surface area contributed by atoms with Gasteiger partial charge in [0.1, 0.15) is 17.3 Å². The molecule has 1 heterocycles. The highest BCUT2D eigenvalue weighted by atomic mass is 19.1. The maximum atomic E-state index is 13.0. The summed E-state index contributed by atoms with van der Waals surface area (Å²) in [4.78, 5) is 39.2. The number of fused-ring (bicyclic) bond motifs is 1. The van der Waals surface area contributed by atoms with Crippen molar-refractivity contribution in [3.63, 3.8) is 0 Å². The van der Waals surface area contributed by atoms with Crippen molar-refractivity contribution in [2.75, 3.05) is 30.0 Å². The van der Waals surface area contributed by atoms with Crippen LogP contribution in [0.25, 0.3) is 0 Å². The Morgan fingerprint density at radius 3 is 2.61 bits per heavy atom. The van der Waals surface area contributed by atoms with Gasteiger partial charge in [0.2, 0.25) is 5.91 Å². The van der Waals surface area contributed by atoms with E-state index in [0.717, 1.165) is 11.1 Å². The zero-order chi connectivity index (χ0) is 25.7. The van der Waals surface area contributed by atoms with Crippen LogP contribution in [0.3, 0.4) is 0 Å². The van der Waals surface area contributed by atoms with Gasteiger partial charge < -0.3 is 19.7 Å². The number of ketones is 1. The van der Waals surface area contributed by atoms with Gasteiger partial charge in [0.15, 0.2) is 19.0 Å². The normalized spacial score (nSPS) is 12.5. The van der Waals surface area contributed by atoms with Gasteiger partial charge in [0, 0.05) is 24.2 Å². The molecule has 36 heavy (non-hydrogen) atoms. The Bertz CT molecular complexity index is 1290. The number of aryl methyl sites for hydroxylation is 2. The van der Waals surface area contributed by atoms with Gasteiger partial charge in [0.05, 0.1) is 5.69 Å². The Morgan fingerprint density at radius 1 is 1.06 bits per heavy atom. The number of halogens is 1. The number of carbonyl (C=O) groups excluding carboxylic acids is 3. The fourth-order valence-electron chi connectivity index (χ4n) is 3.86. The third kappa shape index (κ3) is 6.07. The molecule has 1 aliphatic rings. The largest absolute Gasteiger partial charge is 0.485 e. The Kier molecular flexibility index (Phi) is 7.63. The van der Waals surface area contributed by atoms with Gasteiger partial charge in [-0.3, -0.25) is 14.4 Å². The quantitative estimate of drug-likeness (QED) is 0.434. The molecule has 2 amide bonds. The van der Waals surface area contributed by atoms with Crippen molar-refractivity contribution in [1.29, 1.82) is 0 Å². The predicted molar refractivity (Wildman–Crippen MR) is 134 cm³/mol. The van der Waals surface area contributed by atoms with E-state index in [0.29, 0.717) is 34.9 Å². The predicted octanol–water partition coefficient (Wildman–Crippen LogP) is 4.85. The second-order valence-corrected chi connectivity index (χ2v) is 8.66. The average Bonchev–Trinajstić information content (AvgIpc) is 2.86. The summed E-state index contributed by atoms with van der Waals surface area (Å²) < 4.78 is 24.3. The number of carbonyl (C=O) groups is 3. The summed E-state index contributed by atoms with van der Waals surface area (Å²) in [6, 6.07) is 16.2. The van der Waals surface area contributed by atoms with Gasteiger partial charge in [0.25, 0.3) is 5.91 Å². The van der Waals surface area contributed by atoms with Crippen molar-refractivity contribution < 1.29 is 28.2 Å². The molecule has 4 rings (SSSR count). The first-order chi connectivity index (χ1) is 17.3. The Labute approximate surface area is 208 Å². The van der Waals surface area contributed by atoms with E-state index in [4.69, 9.17) is 9.47 Å². The maximum absolute atomic E-state index is 13.0. The van der Waals surface area contributed by atoms with E-state index >= 15 is 0 Å². The number of benzene rings is 3. The molecule has 8 heteroatoms. The van der Waals surface area contributed by atoms with Crippen molar-refractivity contribution in [3.8, 4) is 11.5 Å². The molecule has 0 radical (unpaired) electrons. The topological polar surface area (TPSA) is 84.9 Å². The minimum Gasteiger partial charge on any atom is -0.485 e. The summed E-state index contributed by atoms with van der Waals surface area (Å²) in [6.45, 7) is 3.90. The summed E-state index contributed by atoms with van der Waals surface area (Å²) in [5, 5.41) is 2.70. The number of amides is 2. The molecule has 1 N–H and O–H groups in total. The van der Waals surface area contributed by atoms with Crippen LogP contribution in [-0.4, -0.2) is 37.4 Å². The fraction of sp³-hybridized carbons (Fsp3) is 0.250. The lowest BCUT2D eigenvalue weighted by molar-refractivity contribution is -0.121. The molecule has 0 bridgehead atoms. The van der Waals surface area contributed by atoms with Crippen LogP contribution in [0.4, 0.5) is 15.8 Å². The molecule has 0 saturated carbocycles. The van der Waals surface area contributed by atoms with Crippen molar-refractivity contribution in [2.24, 2.45) is 0 Å². The molecule has 0 aromatic heterocycles. The molecular weight excluding hydrogens is 463 g/mol. The van der Waals surface area contributed by atoms with E-state index in [2.05, 4.69) is 5.32 Å². The maximum Gasteiger partial charge on any atom is 0.265 e. The molecule has 0 saturated heterocycles. The Morgan fingerprint density at radius 2 is 1.83 bits per heavy atom. The SMILES string of the molecule is Cc1ccc(C)c(OCC(=O)c2ccc3c(c2)N(CCCC(=O)Nc2ccc(F)cc2)C(=O)CO3)c1. The lowest BCUT2D eigenvalue weighted by atomic mass is 10.1. The van der Waals surface area contributed by atoms with Crippen molar-refractivity contribution >= 4 is 29.0 Å². The number of rotatable bonds is 9. The monoisotopic (exact) mass is 490 g/mol. The van der Waals surface area contributed by atoms with Crippen LogP contribution < -0.4 is 19.7 Å². The van der Waals surface area contributed by atoms with Crippen molar-refractivity contribution in [1.82, 2.24) is 0 Å². The third-order valence-electron chi connectivity index (χ3n) is 5.84. The van der Waals surface area contributed by atoms with Gasteiger partial charge >= 0.3 is 0 Å². The number of hydrogen-bond donors (Lipinski definition) is 1. The molecule has 7 nitrogen and oxygen atoms in total. The summed E-state index contributed by atoms with van der Waals surface area (Å²) in [5.41, 5.74) is 3.36. The highest BCUT2D eigenvalue weighted by Gasteiger charge is 2.26. The minimum absolute atomic E-state index is 0.113. The number of hydrogen-bond acceptors (Lipinski definition) is 5. The average molecular weight is 491 g/mol. The first-order valence-corrected chi connectivity index (χ1v) is 11.7. The van der Waals surface area contributed by atoms with Crippen LogP contribution in [0.2, 0.25) is 0 Å². The molecule has 0 fully saturated rings. The highest BCUT2D eigenvalue weighted by Crippen LogP contribution is 2.33. The number of ether oxygens (including phenoxy) is 2. The zero-order valence-electron chi connectivity index (χ0n) is 20.2. The van der Waals surface area contributed by atoms with E-state index in [9.17, 15) is 18.8 Å². The second kappa shape index (κ2) is 11.0. The van der Waals surface area contributed by atoms with Gasteiger partial charge in [-0.1, -0.05) is 12.1 Å². The second-order valence-electron chi connectivity index (χ2n) is 8.66. The molecule has 3 aromatic rings. The van der Waals surface area contributed by atoms with Gasteiger partial charge in [-0.2, -0.15) is 0 Å². The molecular formula is C28H27FN2O5. The summed E-state index contributed by atoms with van der Waals surface area (Å²) in [6.07, 6.45) is 0.561. The van der Waals surface area contributed by atoms with Crippen LogP contribution >= 0.6 is 0 Å². The fourth-order valence-corrected chi connectivity index (χ4v) is 3.86. The van der Waals surface area contributed by atoms with E-state index in [1.165, 1.54) is 29.2 Å². The Hall–Kier alpha value is -4.20. The smallest absolute Gasteiger partial charge is 0.265 e. The van der Waals surface area contributed by atoms with Crippen molar-refractivity contribution in [2.45, 2.75) is 26.7 Å². The highest BCUT2D eigenvalue weighted by molar-refractivity contribution is 6.02. The molecule has 0 atom stereocenters. The third-order valence-corrected chi connectivity index (χ3v) is 5.84. The van der Waals surface area contributed by atoms with E-state index < -0.39 is 0 Å². The number of anilines is 2. The van der Waals surface area contributed by atoms with Gasteiger partial charge in [-0.15, -0.1) is 0 Å². The van der Waals surface area contributed by atoms with E-state index in [1.807, 2.05) is 32.0 Å². The van der Waals surface area contributed by atoms with Crippen LogP contribution in [0, 0.1) is 19.7 Å². The van der Waals surface area contributed by atoms with Crippen LogP contribution in [0.5, 0.6) is 11.5 Å². The molecule has 0 aliphatic carbocycles.